The molecule has 3 heteroatoms. The van der Waals surface area contributed by atoms with Gasteiger partial charge in [0, 0.05) is 30.1 Å². The molecule has 0 aliphatic carbocycles. The first-order valence-electron chi connectivity index (χ1n) is 7.52. The van der Waals surface area contributed by atoms with Crippen LogP contribution < -0.4 is 5.32 Å². The lowest BCUT2D eigenvalue weighted by Crippen LogP contribution is -2.32. The van der Waals surface area contributed by atoms with Crippen molar-refractivity contribution in [3.8, 4) is 0 Å². The number of hydrogen-bond donors (Lipinski definition) is 1. The molecule has 1 aliphatic rings. The summed E-state index contributed by atoms with van der Waals surface area (Å²) in [6.07, 6.45) is 5.09. The van der Waals surface area contributed by atoms with Crippen LogP contribution in [0.2, 0.25) is 0 Å². The monoisotopic (exact) mass is 324 g/mol. The van der Waals surface area contributed by atoms with Gasteiger partial charge >= 0.3 is 0 Å². The Morgan fingerprint density at radius 1 is 1.26 bits per heavy atom. The van der Waals surface area contributed by atoms with Crippen molar-refractivity contribution in [1.82, 2.24) is 10.2 Å². The van der Waals surface area contributed by atoms with Crippen LogP contribution in [-0.4, -0.2) is 31.1 Å². The van der Waals surface area contributed by atoms with Gasteiger partial charge in [0.05, 0.1) is 0 Å². The molecule has 1 saturated heterocycles. The highest BCUT2D eigenvalue weighted by Crippen LogP contribution is 2.32. The summed E-state index contributed by atoms with van der Waals surface area (Å²) in [5.41, 5.74) is 1.46. The summed E-state index contributed by atoms with van der Waals surface area (Å²) in [5.74, 6) is 0. The Balaban J connectivity index is 2.16. The molecule has 1 unspecified atom stereocenters. The number of halogens is 1. The van der Waals surface area contributed by atoms with E-state index >= 15 is 0 Å². The van der Waals surface area contributed by atoms with Gasteiger partial charge < -0.3 is 5.32 Å². The topological polar surface area (TPSA) is 15.3 Å². The highest BCUT2D eigenvalue weighted by molar-refractivity contribution is 9.10. The number of unbranched alkanes of at least 4 members (excludes halogenated alkanes) is 1. The summed E-state index contributed by atoms with van der Waals surface area (Å²) >= 11 is 3.73. The van der Waals surface area contributed by atoms with E-state index < -0.39 is 0 Å². The van der Waals surface area contributed by atoms with Gasteiger partial charge in [0.15, 0.2) is 0 Å². The van der Waals surface area contributed by atoms with E-state index in [9.17, 15) is 0 Å². The van der Waals surface area contributed by atoms with Crippen molar-refractivity contribution in [3.05, 3.63) is 34.3 Å². The molecule has 0 spiro atoms. The molecule has 2 rings (SSSR count). The Hall–Kier alpha value is -0.380. The van der Waals surface area contributed by atoms with Gasteiger partial charge in [-0.2, -0.15) is 0 Å². The summed E-state index contributed by atoms with van der Waals surface area (Å²) in [6.45, 7) is 6.93. The predicted octanol–water partition coefficient (Wildman–Crippen LogP) is 3.98. The van der Waals surface area contributed by atoms with Crippen LogP contribution in [0.5, 0.6) is 0 Å². The van der Waals surface area contributed by atoms with Crippen LogP contribution >= 0.6 is 15.9 Å². The largest absolute Gasteiger partial charge is 0.315 e. The highest BCUT2D eigenvalue weighted by Gasteiger charge is 2.22. The van der Waals surface area contributed by atoms with Crippen molar-refractivity contribution in [2.24, 2.45) is 0 Å². The van der Waals surface area contributed by atoms with E-state index in [4.69, 9.17) is 0 Å². The molecule has 106 valence electrons. The maximum Gasteiger partial charge on any atom is 0.0359 e. The third-order valence-electron chi connectivity index (χ3n) is 3.91. The SMILES string of the molecule is CCCCC(c1ccccc1Br)N1CCCNCC1. The second-order valence-electron chi connectivity index (χ2n) is 5.32. The number of benzene rings is 1. The number of hydrogen-bond acceptors (Lipinski definition) is 2. The second kappa shape index (κ2) is 8.03. The molecule has 0 saturated carbocycles. The number of rotatable bonds is 5. The number of nitrogens with one attached hydrogen (secondary N) is 1. The van der Waals surface area contributed by atoms with Gasteiger partial charge in [-0.15, -0.1) is 0 Å². The maximum absolute atomic E-state index is 3.73. The first kappa shape index (κ1) is 15.0. The van der Waals surface area contributed by atoms with Gasteiger partial charge in [0.1, 0.15) is 0 Å². The van der Waals surface area contributed by atoms with Crippen LogP contribution in [-0.2, 0) is 0 Å². The molecule has 1 aromatic carbocycles. The van der Waals surface area contributed by atoms with E-state index in [0.717, 1.165) is 19.6 Å². The standard InChI is InChI=1S/C16H25BrN2/c1-2-3-9-16(14-7-4-5-8-15(14)17)19-12-6-10-18-11-13-19/h4-5,7-8,16,18H,2-3,6,9-13H2,1H3. The quantitative estimate of drug-likeness (QED) is 0.881. The van der Waals surface area contributed by atoms with Crippen molar-refractivity contribution in [2.45, 2.75) is 38.6 Å². The molecule has 1 N–H and O–H groups in total. The molecule has 1 aliphatic heterocycles. The minimum absolute atomic E-state index is 0.565. The highest BCUT2D eigenvalue weighted by atomic mass is 79.9. The Morgan fingerprint density at radius 3 is 2.89 bits per heavy atom. The van der Waals surface area contributed by atoms with E-state index in [-0.39, 0.29) is 0 Å². The fourth-order valence-electron chi connectivity index (χ4n) is 2.86. The molecular formula is C16H25BrN2. The Kier molecular flexibility index (Phi) is 6.35. The smallest absolute Gasteiger partial charge is 0.0359 e. The zero-order chi connectivity index (χ0) is 13.5. The third kappa shape index (κ3) is 4.30. The summed E-state index contributed by atoms with van der Waals surface area (Å²) in [4.78, 5) is 2.66. The average molecular weight is 325 g/mol. The van der Waals surface area contributed by atoms with Gasteiger partial charge in [0.2, 0.25) is 0 Å². The Labute approximate surface area is 125 Å². The van der Waals surface area contributed by atoms with Crippen molar-refractivity contribution in [2.75, 3.05) is 26.2 Å². The Bertz CT molecular complexity index is 373. The summed E-state index contributed by atoms with van der Waals surface area (Å²) in [5, 5.41) is 3.50. The molecule has 19 heavy (non-hydrogen) atoms. The van der Waals surface area contributed by atoms with Crippen LogP contribution in [0.4, 0.5) is 0 Å². The van der Waals surface area contributed by atoms with Gasteiger partial charge in [-0.1, -0.05) is 53.9 Å². The first-order valence-corrected chi connectivity index (χ1v) is 8.31. The zero-order valence-electron chi connectivity index (χ0n) is 11.9. The molecule has 2 nitrogen and oxygen atoms in total. The number of nitrogens with zero attached hydrogens (tertiary/aromatic N) is 1. The van der Waals surface area contributed by atoms with Gasteiger partial charge in [-0.05, 0) is 31.0 Å². The van der Waals surface area contributed by atoms with Gasteiger partial charge in [-0.25, -0.2) is 0 Å². The van der Waals surface area contributed by atoms with Crippen LogP contribution in [0.1, 0.15) is 44.2 Å². The fraction of sp³-hybridized carbons (Fsp3) is 0.625. The van der Waals surface area contributed by atoms with Crippen molar-refractivity contribution in [3.63, 3.8) is 0 Å². The molecule has 1 fully saturated rings. The molecule has 0 aromatic heterocycles. The molecule has 1 atom stereocenters. The summed E-state index contributed by atoms with van der Waals surface area (Å²) in [6, 6.07) is 9.28. The first-order chi connectivity index (χ1) is 9.33. The van der Waals surface area contributed by atoms with E-state index in [2.05, 4.69) is 57.3 Å². The van der Waals surface area contributed by atoms with Crippen LogP contribution in [0, 0.1) is 0 Å². The minimum atomic E-state index is 0.565. The lowest BCUT2D eigenvalue weighted by atomic mass is 9.99. The summed E-state index contributed by atoms with van der Waals surface area (Å²) < 4.78 is 1.26. The van der Waals surface area contributed by atoms with Gasteiger partial charge in [-0.3, -0.25) is 4.90 Å². The molecule has 0 bridgehead atoms. The molecule has 0 amide bonds. The van der Waals surface area contributed by atoms with Crippen LogP contribution in [0.15, 0.2) is 28.7 Å². The van der Waals surface area contributed by atoms with Crippen molar-refractivity contribution < 1.29 is 0 Å². The molecule has 0 radical (unpaired) electrons. The minimum Gasteiger partial charge on any atom is -0.315 e. The molecular weight excluding hydrogens is 300 g/mol. The zero-order valence-corrected chi connectivity index (χ0v) is 13.5. The third-order valence-corrected chi connectivity index (χ3v) is 4.63. The van der Waals surface area contributed by atoms with E-state index in [1.54, 1.807) is 0 Å². The molecule has 1 aromatic rings. The second-order valence-corrected chi connectivity index (χ2v) is 6.17. The van der Waals surface area contributed by atoms with Gasteiger partial charge in [0.25, 0.3) is 0 Å². The van der Waals surface area contributed by atoms with E-state index in [0.29, 0.717) is 6.04 Å². The molecule has 1 heterocycles. The van der Waals surface area contributed by atoms with E-state index in [1.165, 1.54) is 42.3 Å². The lowest BCUT2D eigenvalue weighted by Gasteiger charge is -2.31. The normalized spacial score (nSPS) is 19.1. The van der Waals surface area contributed by atoms with Crippen LogP contribution in [0.3, 0.4) is 0 Å². The van der Waals surface area contributed by atoms with Crippen molar-refractivity contribution >= 4 is 15.9 Å². The van der Waals surface area contributed by atoms with E-state index in [1.807, 2.05) is 0 Å². The fourth-order valence-corrected chi connectivity index (χ4v) is 3.40. The lowest BCUT2D eigenvalue weighted by molar-refractivity contribution is 0.196. The van der Waals surface area contributed by atoms with Crippen molar-refractivity contribution in [1.29, 1.82) is 0 Å². The Morgan fingerprint density at radius 2 is 2.11 bits per heavy atom. The predicted molar refractivity (Wildman–Crippen MR) is 85.5 cm³/mol. The average Bonchev–Trinajstić information content (AvgIpc) is 2.70. The summed E-state index contributed by atoms with van der Waals surface area (Å²) in [7, 11) is 0. The maximum atomic E-state index is 3.73. The van der Waals surface area contributed by atoms with Crippen LogP contribution in [0.25, 0.3) is 0 Å².